The lowest BCUT2D eigenvalue weighted by atomic mass is 9.95. The van der Waals surface area contributed by atoms with Crippen LogP contribution in [0.15, 0.2) is 97.5 Å². The van der Waals surface area contributed by atoms with Crippen molar-refractivity contribution in [2.24, 2.45) is 0 Å². The number of pyridine rings is 1. The summed E-state index contributed by atoms with van der Waals surface area (Å²) in [5.74, 6) is 0.0754. The van der Waals surface area contributed by atoms with E-state index in [0.717, 1.165) is 46.2 Å². The second-order valence-corrected chi connectivity index (χ2v) is 10.4. The van der Waals surface area contributed by atoms with Crippen LogP contribution in [0, 0.1) is 6.92 Å². The van der Waals surface area contributed by atoms with E-state index in [2.05, 4.69) is 55.7 Å². The molecule has 2 atom stereocenters. The summed E-state index contributed by atoms with van der Waals surface area (Å²) in [6.07, 6.45) is 4.33. The highest BCUT2D eigenvalue weighted by Gasteiger charge is 2.26. The number of nitrogens with zero attached hydrogens (tertiary/aromatic N) is 3. The number of rotatable bonds is 10. The lowest BCUT2D eigenvalue weighted by Gasteiger charge is -2.25. The van der Waals surface area contributed by atoms with E-state index in [4.69, 9.17) is 0 Å². The highest BCUT2D eigenvalue weighted by atomic mass is 16.3. The van der Waals surface area contributed by atoms with E-state index in [-0.39, 0.29) is 11.6 Å². The van der Waals surface area contributed by atoms with Crippen molar-refractivity contribution in [1.29, 1.82) is 0 Å². The van der Waals surface area contributed by atoms with Crippen LogP contribution in [-0.4, -0.2) is 42.7 Å². The third-order valence-electron chi connectivity index (χ3n) is 7.71. The molecule has 0 saturated carbocycles. The van der Waals surface area contributed by atoms with Gasteiger partial charge in [0.15, 0.2) is 5.82 Å². The molecule has 0 spiro atoms. The van der Waals surface area contributed by atoms with Gasteiger partial charge in [0.1, 0.15) is 17.5 Å². The summed E-state index contributed by atoms with van der Waals surface area (Å²) in [6, 6.07) is 24.2. The fraction of sp³-hybridized carbons (Fsp3) is 0.176. The molecule has 6 rings (SSSR count). The molecule has 43 heavy (non-hydrogen) atoms. The fourth-order valence-corrected chi connectivity index (χ4v) is 5.28. The molecule has 0 unspecified atom stereocenters. The minimum atomic E-state index is -0.946. The first-order valence-electron chi connectivity index (χ1n) is 14.3. The van der Waals surface area contributed by atoms with Gasteiger partial charge in [0, 0.05) is 29.9 Å². The van der Waals surface area contributed by atoms with Gasteiger partial charge >= 0.3 is 0 Å². The number of amides is 1. The van der Waals surface area contributed by atoms with Crippen LogP contribution in [0.3, 0.4) is 0 Å². The molecule has 0 fully saturated rings. The maximum absolute atomic E-state index is 13.5. The highest BCUT2D eigenvalue weighted by Crippen LogP contribution is 2.32. The average molecular weight is 572 g/mol. The van der Waals surface area contributed by atoms with Crippen LogP contribution >= 0.6 is 0 Å². The van der Waals surface area contributed by atoms with E-state index in [1.54, 1.807) is 0 Å². The van der Waals surface area contributed by atoms with E-state index in [1.807, 2.05) is 85.2 Å². The van der Waals surface area contributed by atoms with E-state index >= 15 is 0 Å². The van der Waals surface area contributed by atoms with Gasteiger partial charge in [-0.05, 0) is 53.4 Å². The van der Waals surface area contributed by atoms with Crippen LogP contribution < -0.4 is 10.6 Å². The minimum Gasteiger partial charge on any atom is -0.386 e. The molecule has 0 aliphatic rings. The number of fused-ring (bicyclic) bond motifs is 1. The van der Waals surface area contributed by atoms with Crippen LogP contribution in [0.1, 0.15) is 51.8 Å². The van der Waals surface area contributed by atoms with Crippen LogP contribution in [-0.2, 0) is 6.54 Å². The summed E-state index contributed by atoms with van der Waals surface area (Å²) < 4.78 is 0. The zero-order valence-corrected chi connectivity index (χ0v) is 24.0. The molecular weight excluding hydrogens is 538 g/mol. The molecule has 0 radical (unpaired) electrons. The first kappa shape index (κ1) is 28.0. The maximum atomic E-state index is 13.5. The van der Waals surface area contributed by atoms with Crippen molar-refractivity contribution in [2.75, 3.05) is 6.54 Å². The van der Waals surface area contributed by atoms with Gasteiger partial charge in [-0.25, -0.2) is 4.98 Å². The molecule has 216 valence electrons. The molecule has 6 aromatic rings. The van der Waals surface area contributed by atoms with Crippen LogP contribution in [0.25, 0.3) is 33.5 Å². The highest BCUT2D eigenvalue weighted by molar-refractivity contribution is 5.96. The second kappa shape index (κ2) is 12.4. The standard InChI is InChI=1S/C34H33N7O2/c1-3-35-17-25-18-36-19-27(21(25)2)24-14-15-28-26(16-24)31(41-40-28)33-37-20-29(38-33)34(43)39-30(22-10-6-4-7-11-22)32(42)23-12-8-5-9-13-23/h4-16,18-20,30,32,35,42H,3,17H2,1-2H3,(H,37,38)(H,39,43)(H,40,41)/t30-,32+/m1/s1. The van der Waals surface area contributed by atoms with E-state index in [9.17, 15) is 9.90 Å². The molecule has 0 aliphatic carbocycles. The normalized spacial score (nSPS) is 12.7. The number of imidazole rings is 1. The molecule has 0 saturated heterocycles. The topological polar surface area (TPSA) is 132 Å². The zero-order chi connectivity index (χ0) is 29.8. The lowest BCUT2D eigenvalue weighted by Crippen LogP contribution is -2.33. The number of aliphatic hydroxyl groups is 1. The molecule has 3 aromatic heterocycles. The summed E-state index contributed by atoms with van der Waals surface area (Å²) in [5, 5.41) is 26.1. The van der Waals surface area contributed by atoms with Gasteiger partial charge in [0.2, 0.25) is 0 Å². The molecule has 5 N–H and O–H groups in total. The van der Waals surface area contributed by atoms with Crippen molar-refractivity contribution >= 4 is 16.8 Å². The van der Waals surface area contributed by atoms with E-state index < -0.39 is 12.1 Å². The number of carbonyl (C=O) groups is 1. The number of aromatic amines is 2. The number of aliphatic hydroxyl groups excluding tert-OH is 1. The van der Waals surface area contributed by atoms with Crippen molar-refractivity contribution in [3.8, 4) is 22.6 Å². The van der Waals surface area contributed by atoms with Gasteiger partial charge in [-0.2, -0.15) is 5.10 Å². The van der Waals surface area contributed by atoms with Crippen LogP contribution in [0.5, 0.6) is 0 Å². The summed E-state index contributed by atoms with van der Waals surface area (Å²) in [4.78, 5) is 25.6. The monoisotopic (exact) mass is 571 g/mol. The van der Waals surface area contributed by atoms with Crippen molar-refractivity contribution < 1.29 is 9.90 Å². The number of carbonyl (C=O) groups excluding carboxylic acids is 1. The largest absolute Gasteiger partial charge is 0.386 e. The predicted octanol–water partition coefficient (Wildman–Crippen LogP) is 5.64. The second-order valence-electron chi connectivity index (χ2n) is 10.4. The number of nitrogens with one attached hydrogen (secondary N) is 4. The summed E-state index contributed by atoms with van der Waals surface area (Å²) in [5.41, 5.74) is 7.61. The molecule has 3 heterocycles. The summed E-state index contributed by atoms with van der Waals surface area (Å²) in [7, 11) is 0. The van der Waals surface area contributed by atoms with Gasteiger partial charge < -0.3 is 20.7 Å². The molecule has 0 aliphatic heterocycles. The van der Waals surface area contributed by atoms with E-state index in [1.165, 1.54) is 11.8 Å². The van der Waals surface area contributed by atoms with Gasteiger partial charge in [0.25, 0.3) is 5.91 Å². The Morgan fingerprint density at radius 3 is 2.44 bits per heavy atom. The Bertz CT molecular complexity index is 1850. The number of benzene rings is 3. The Labute approximate surface area is 249 Å². The number of H-pyrrole nitrogens is 2. The molecule has 0 bridgehead atoms. The third-order valence-corrected chi connectivity index (χ3v) is 7.71. The molecular formula is C34H33N7O2. The quantitative estimate of drug-likeness (QED) is 0.145. The van der Waals surface area contributed by atoms with Crippen LogP contribution in [0.4, 0.5) is 0 Å². The zero-order valence-electron chi connectivity index (χ0n) is 24.0. The van der Waals surface area contributed by atoms with Crippen molar-refractivity contribution in [2.45, 2.75) is 32.5 Å². The van der Waals surface area contributed by atoms with Gasteiger partial charge in [-0.15, -0.1) is 0 Å². The minimum absolute atomic E-state index is 0.264. The Morgan fingerprint density at radius 2 is 1.70 bits per heavy atom. The smallest absolute Gasteiger partial charge is 0.269 e. The van der Waals surface area contributed by atoms with Gasteiger partial charge in [-0.3, -0.25) is 14.9 Å². The maximum Gasteiger partial charge on any atom is 0.269 e. The molecule has 3 aromatic carbocycles. The van der Waals surface area contributed by atoms with Gasteiger partial charge in [0.05, 0.1) is 17.8 Å². The number of hydrogen-bond acceptors (Lipinski definition) is 6. The summed E-state index contributed by atoms with van der Waals surface area (Å²) >= 11 is 0. The van der Waals surface area contributed by atoms with Gasteiger partial charge in [-0.1, -0.05) is 73.7 Å². The van der Waals surface area contributed by atoms with Crippen molar-refractivity contribution in [3.05, 3.63) is 125 Å². The summed E-state index contributed by atoms with van der Waals surface area (Å²) in [6.45, 7) is 5.84. The third kappa shape index (κ3) is 5.81. The Morgan fingerprint density at radius 1 is 0.953 bits per heavy atom. The lowest BCUT2D eigenvalue weighted by molar-refractivity contribution is 0.0827. The van der Waals surface area contributed by atoms with Crippen LogP contribution in [0.2, 0.25) is 0 Å². The average Bonchev–Trinajstić information content (AvgIpc) is 3.71. The number of aromatic nitrogens is 5. The van der Waals surface area contributed by atoms with Crippen molar-refractivity contribution in [1.82, 2.24) is 35.8 Å². The SMILES string of the molecule is CCNCc1cncc(-c2ccc3[nH]nc(-c4ncc(C(=O)N[C@H](c5ccccc5)[C@@H](O)c5ccccc5)[nH]4)c3c2)c1C. The Balaban J connectivity index is 1.28. The molecule has 9 heteroatoms. The first-order valence-corrected chi connectivity index (χ1v) is 14.3. The van der Waals surface area contributed by atoms with Crippen molar-refractivity contribution in [3.63, 3.8) is 0 Å². The molecule has 1 amide bonds. The number of hydrogen-bond donors (Lipinski definition) is 5. The first-order chi connectivity index (χ1) is 21.0. The fourth-order valence-electron chi connectivity index (χ4n) is 5.28. The Kier molecular flexibility index (Phi) is 8.08. The van der Waals surface area contributed by atoms with E-state index in [0.29, 0.717) is 17.1 Å². The predicted molar refractivity (Wildman–Crippen MR) is 167 cm³/mol. The Hall–Kier alpha value is -5.12. The molecule has 9 nitrogen and oxygen atoms in total.